The van der Waals surface area contributed by atoms with Crippen molar-refractivity contribution in [2.24, 2.45) is 0 Å². The summed E-state index contributed by atoms with van der Waals surface area (Å²) < 4.78 is 25.5. The second-order valence-electron chi connectivity index (χ2n) is 6.48. The SMILES string of the molecule is CCCCS(=O)(=O)Cc1c(C(=O)CN(C)C)[n+]([O-])c2ccccc2[n+]1[O-]. The molecule has 142 valence electrons. The number of hydrogen-bond acceptors (Lipinski definition) is 6. The Hall–Kier alpha value is -2.26. The van der Waals surface area contributed by atoms with Gasteiger partial charge in [-0.25, -0.2) is 8.42 Å². The number of hydrogen-bond donors (Lipinski definition) is 0. The maximum atomic E-state index is 12.8. The number of carbonyl (C=O) groups is 1. The number of sulfone groups is 1. The smallest absolute Gasteiger partial charge is 0.331 e. The van der Waals surface area contributed by atoms with Crippen molar-refractivity contribution in [3.8, 4) is 0 Å². The molecule has 0 aliphatic rings. The summed E-state index contributed by atoms with van der Waals surface area (Å²) in [7, 11) is -0.328. The topological polar surface area (TPSA) is 108 Å². The standard InChI is InChI=1S/C17H23N3O5S/c1-4-5-10-26(24,25)12-15-17(16(21)11-18(2)3)20(23)14-9-7-6-8-13(14)19(15)22/h6-9H,4-5,10-12H2,1-3H3. The lowest BCUT2D eigenvalue weighted by Crippen LogP contribution is -2.49. The molecule has 0 fully saturated rings. The molecular formula is C17H23N3O5S. The summed E-state index contributed by atoms with van der Waals surface area (Å²) >= 11 is 0. The quantitative estimate of drug-likeness (QED) is 0.376. The molecule has 0 aliphatic heterocycles. The van der Waals surface area contributed by atoms with E-state index in [1.165, 1.54) is 12.1 Å². The summed E-state index contributed by atoms with van der Waals surface area (Å²) in [6, 6.07) is 6.01. The number of likely N-dealkylation sites (N-methyl/N-ethyl adjacent to an activating group) is 1. The minimum atomic E-state index is -3.63. The van der Waals surface area contributed by atoms with Gasteiger partial charge in [0.1, 0.15) is 5.75 Å². The van der Waals surface area contributed by atoms with Gasteiger partial charge in [0, 0.05) is 12.1 Å². The van der Waals surface area contributed by atoms with Crippen LogP contribution in [0.3, 0.4) is 0 Å². The van der Waals surface area contributed by atoms with Crippen molar-refractivity contribution >= 4 is 26.7 Å². The fourth-order valence-electron chi connectivity index (χ4n) is 2.69. The van der Waals surface area contributed by atoms with Crippen LogP contribution < -0.4 is 9.46 Å². The molecule has 8 nitrogen and oxygen atoms in total. The lowest BCUT2D eigenvalue weighted by atomic mass is 10.2. The third kappa shape index (κ3) is 4.28. The van der Waals surface area contributed by atoms with Gasteiger partial charge in [-0.3, -0.25) is 4.79 Å². The molecule has 0 aliphatic carbocycles. The van der Waals surface area contributed by atoms with E-state index in [9.17, 15) is 23.6 Å². The van der Waals surface area contributed by atoms with Gasteiger partial charge in [-0.15, -0.1) is 0 Å². The zero-order valence-electron chi connectivity index (χ0n) is 15.1. The second kappa shape index (κ2) is 7.96. The minimum absolute atomic E-state index is 0.0271. The summed E-state index contributed by atoms with van der Waals surface area (Å²) in [5.74, 6) is -1.34. The first-order chi connectivity index (χ1) is 12.2. The summed E-state index contributed by atoms with van der Waals surface area (Å²) in [5, 5.41) is 25.5. The normalized spacial score (nSPS) is 12.0. The molecule has 26 heavy (non-hydrogen) atoms. The highest BCUT2D eigenvalue weighted by molar-refractivity contribution is 7.90. The Morgan fingerprint density at radius 2 is 1.69 bits per heavy atom. The molecule has 2 rings (SSSR count). The molecule has 0 atom stereocenters. The minimum Gasteiger partial charge on any atom is -0.618 e. The molecule has 0 amide bonds. The highest BCUT2D eigenvalue weighted by Gasteiger charge is 2.35. The molecule has 0 N–H and O–H groups in total. The molecule has 0 unspecified atom stereocenters. The van der Waals surface area contributed by atoms with Crippen LogP contribution in [0.15, 0.2) is 24.3 Å². The molecule has 2 aromatic rings. The lowest BCUT2D eigenvalue weighted by Gasteiger charge is -2.14. The molecule has 1 aromatic carbocycles. The van der Waals surface area contributed by atoms with Gasteiger partial charge in [-0.05, 0) is 20.5 Å². The van der Waals surface area contributed by atoms with E-state index in [2.05, 4.69) is 0 Å². The van der Waals surface area contributed by atoms with E-state index < -0.39 is 27.1 Å². The number of fused-ring (bicyclic) bond motifs is 1. The number of ketones is 1. The fourth-order valence-corrected chi connectivity index (χ4v) is 4.24. The summed E-state index contributed by atoms with van der Waals surface area (Å²) in [6.45, 7) is 1.75. The van der Waals surface area contributed by atoms with Crippen LogP contribution in [-0.4, -0.2) is 45.5 Å². The molecule has 0 bridgehead atoms. The first-order valence-electron chi connectivity index (χ1n) is 8.33. The molecule has 0 radical (unpaired) electrons. The zero-order chi connectivity index (χ0) is 19.5. The van der Waals surface area contributed by atoms with Gasteiger partial charge < -0.3 is 15.3 Å². The van der Waals surface area contributed by atoms with Crippen molar-refractivity contribution in [2.45, 2.75) is 25.5 Å². The number of para-hydroxylation sites is 2. The highest BCUT2D eigenvalue weighted by Crippen LogP contribution is 2.14. The number of aromatic nitrogens is 2. The van der Waals surface area contributed by atoms with Gasteiger partial charge in [-0.1, -0.05) is 25.5 Å². The second-order valence-corrected chi connectivity index (χ2v) is 8.66. The van der Waals surface area contributed by atoms with Crippen LogP contribution in [0, 0.1) is 10.4 Å². The number of rotatable bonds is 8. The molecule has 0 saturated carbocycles. The molecule has 1 heterocycles. The van der Waals surface area contributed by atoms with Gasteiger partial charge in [0.2, 0.25) is 5.78 Å². The predicted molar refractivity (Wildman–Crippen MR) is 97.2 cm³/mol. The van der Waals surface area contributed by atoms with E-state index in [1.54, 1.807) is 31.1 Å². The van der Waals surface area contributed by atoms with Crippen molar-refractivity contribution in [1.29, 1.82) is 0 Å². The number of unbranched alkanes of at least 4 members (excludes halogenated alkanes) is 1. The Morgan fingerprint density at radius 3 is 2.23 bits per heavy atom. The van der Waals surface area contributed by atoms with Crippen LogP contribution >= 0.6 is 0 Å². The van der Waals surface area contributed by atoms with Crippen LogP contribution in [0.2, 0.25) is 0 Å². The lowest BCUT2D eigenvalue weighted by molar-refractivity contribution is -0.635. The Labute approximate surface area is 152 Å². The highest BCUT2D eigenvalue weighted by atomic mass is 32.2. The van der Waals surface area contributed by atoms with Crippen molar-refractivity contribution in [3.63, 3.8) is 0 Å². The van der Waals surface area contributed by atoms with E-state index in [-0.39, 0.29) is 29.0 Å². The van der Waals surface area contributed by atoms with E-state index >= 15 is 0 Å². The van der Waals surface area contributed by atoms with Crippen LogP contribution in [-0.2, 0) is 15.6 Å². The number of benzene rings is 1. The zero-order valence-corrected chi connectivity index (χ0v) is 16.0. The Kier molecular flexibility index (Phi) is 6.14. The van der Waals surface area contributed by atoms with Crippen molar-refractivity contribution in [2.75, 3.05) is 26.4 Å². The molecule has 9 heteroatoms. The largest absolute Gasteiger partial charge is 0.618 e. The Bertz CT molecular complexity index is 926. The Morgan fingerprint density at radius 1 is 1.12 bits per heavy atom. The van der Waals surface area contributed by atoms with Gasteiger partial charge in [0.15, 0.2) is 9.84 Å². The van der Waals surface area contributed by atoms with Crippen molar-refractivity contribution < 1.29 is 22.7 Å². The predicted octanol–water partition coefficient (Wildman–Crippen LogP) is 0.566. The molecule has 0 spiro atoms. The average molecular weight is 381 g/mol. The van der Waals surface area contributed by atoms with Gasteiger partial charge in [0.25, 0.3) is 16.7 Å². The van der Waals surface area contributed by atoms with Crippen LogP contribution in [0.25, 0.3) is 11.0 Å². The third-order valence-corrected chi connectivity index (χ3v) is 5.55. The van der Waals surface area contributed by atoms with Crippen LogP contribution in [0.1, 0.15) is 35.9 Å². The summed E-state index contributed by atoms with van der Waals surface area (Å²) in [5.41, 5.74) is -0.668. The van der Waals surface area contributed by atoms with E-state index in [0.717, 1.165) is 0 Å². The van der Waals surface area contributed by atoms with Gasteiger partial charge in [0.05, 0.1) is 12.3 Å². The van der Waals surface area contributed by atoms with Crippen LogP contribution in [0.4, 0.5) is 0 Å². The summed E-state index contributed by atoms with van der Waals surface area (Å²) in [4.78, 5) is 14.1. The van der Waals surface area contributed by atoms with E-state index in [0.29, 0.717) is 22.3 Å². The monoisotopic (exact) mass is 381 g/mol. The first-order valence-corrected chi connectivity index (χ1v) is 10.1. The van der Waals surface area contributed by atoms with E-state index in [4.69, 9.17) is 0 Å². The first kappa shape index (κ1) is 20.1. The summed E-state index contributed by atoms with van der Waals surface area (Å²) in [6.07, 6.45) is 1.13. The van der Waals surface area contributed by atoms with Crippen molar-refractivity contribution in [1.82, 2.24) is 4.90 Å². The molecule has 0 saturated heterocycles. The molecule has 1 aromatic heterocycles. The maximum Gasteiger partial charge on any atom is 0.331 e. The average Bonchev–Trinajstić information content (AvgIpc) is 2.57. The van der Waals surface area contributed by atoms with Crippen LogP contribution in [0.5, 0.6) is 0 Å². The van der Waals surface area contributed by atoms with Gasteiger partial charge >= 0.3 is 5.69 Å². The Balaban J connectivity index is 2.69. The maximum absolute atomic E-state index is 12.8. The van der Waals surface area contributed by atoms with Crippen molar-refractivity contribution in [3.05, 3.63) is 46.1 Å². The number of nitrogens with zero attached hydrogens (tertiary/aromatic N) is 3. The number of Topliss-reactive ketones (excluding diaryl/α,β-unsaturated/α-hetero) is 1. The third-order valence-electron chi connectivity index (χ3n) is 3.93. The molecular weight excluding hydrogens is 358 g/mol. The van der Waals surface area contributed by atoms with Gasteiger partial charge in [-0.2, -0.15) is 9.46 Å². The number of carbonyl (C=O) groups excluding carboxylic acids is 1. The van der Waals surface area contributed by atoms with E-state index in [1.807, 2.05) is 6.92 Å². The fraction of sp³-hybridized carbons (Fsp3) is 0.471.